The van der Waals surface area contributed by atoms with Crippen molar-refractivity contribution in [2.75, 3.05) is 0 Å². The lowest BCUT2D eigenvalue weighted by molar-refractivity contribution is 0.487. The van der Waals surface area contributed by atoms with Crippen molar-refractivity contribution in [1.82, 2.24) is 4.98 Å². The molecule has 0 bridgehead atoms. The minimum atomic E-state index is -0.0914. The summed E-state index contributed by atoms with van der Waals surface area (Å²) in [5, 5.41) is 1.39. The van der Waals surface area contributed by atoms with Crippen molar-refractivity contribution >= 4 is 13.2 Å². The molecule has 3 rings (SSSR count). The van der Waals surface area contributed by atoms with Gasteiger partial charge in [-0.15, -0.1) is 0 Å². The van der Waals surface area contributed by atoms with E-state index in [1.165, 1.54) is 75.2 Å². The Morgan fingerprint density at radius 3 is 1.95 bits per heavy atom. The average molecular weight is 301 g/mol. The minimum absolute atomic E-state index is 0.0914. The Kier molecular flexibility index (Phi) is 5.47. The Labute approximate surface area is 131 Å². The summed E-state index contributed by atoms with van der Waals surface area (Å²) in [6.07, 6.45) is 16.3. The summed E-state index contributed by atoms with van der Waals surface area (Å²) in [5.74, 6) is 0. The predicted molar refractivity (Wildman–Crippen MR) is 93.9 cm³/mol. The molecule has 1 aromatic rings. The van der Waals surface area contributed by atoms with Gasteiger partial charge in [-0.2, -0.15) is 0 Å². The maximum Gasteiger partial charge on any atom is 0.0700 e. The SMILES string of the molecule is C=C(c1ccccn1)P(C1CCCCC1)C1CCCCC1. The number of rotatable bonds is 4. The fourth-order valence-electron chi connectivity index (χ4n) is 4.12. The summed E-state index contributed by atoms with van der Waals surface area (Å²) >= 11 is 0. The van der Waals surface area contributed by atoms with E-state index in [1.807, 2.05) is 12.3 Å². The van der Waals surface area contributed by atoms with Crippen LogP contribution in [0.3, 0.4) is 0 Å². The van der Waals surface area contributed by atoms with Gasteiger partial charge in [-0.05, 0) is 54.4 Å². The first kappa shape index (κ1) is 15.2. The van der Waals surface area contributed by atoms with E-state index >= 15 is 0 Å². The molecule has 0 saturated heterocycles. The molecule has 2 saturated carbocycles. The predicted octanol–water partition coefficient (Wildman–Crippen LogP) is 6.20. The zero-order valence-electron chi connectivity index (χ0n) is 13.1. The monoisotopic (exact) mass is 301 g/mol. The molecular formula is C19H28NP. The van der Waals surface area contributed by atoms with Crippen LogP contribution in [0.25, 0.3) is 5.31 Å². The number of hydrogen-bond donors (Lipinski definition) is 0. The Bertz CT molecular complexity index is 426. The average Bonchev–Trinajstić information content (AvgIpc) is 2.58. The molecule has 0 amide bonds. The molecule has 114 valence electrons. The van der Waals surface area contributed by atoms with Crippen LogP contribution in [0.4, 0.5) is 0 Å². The summed E-state index contributed by atoms with van der Waals surface area (Å²) in [4.78, 5) is 4.61. The second-order valence-corrected chi connectivity index (χ2v) is 9.47. The first-order chi connectivity index (χ1) is 10.4. The molecule has 1 heterocycles. The molecule has 0 aliphatic heterocycles. The lowest BCUT2D eigenvalue weighted by Gasteiger charge is -2.39. The lowest BCUT2D eigenvalue weighted by atomic mass is 9.99. The van der Waals surface area contributed by atoms with Crippen molar-refractivity contribution in [1.29, 1.82) is 0 Å². The van der Waals surface area contributed by atoms with E-state index in [0.717, 1.165) is 11.3 Å². The van der Waals surface area contributed by atoms with Crippen molar-refractivity contribution in [2.24, 2.45) is 0 Å². The third-order valence-corrected chi connectivity index (χ3v) is 8.67. The Morgan fingerprint density at radius 1 is 0.905 bits per heavy atom. The third kappa shape index (κ3) is 3.75. The van der Waals surface area contributed by atoms with Crippen molar-refractivity contribution in [3.63, 3.8) is 0 Å². The van der Waals surface area contributed by atoms with Gasteiger partial charge in [0, 0.05) is 6.20 Å². The second-order valence-electron chi connectivity index (χ2n) is 6.65. The van der Waals surface area contributed by atoms with E-state index in [9.17, 15) is 0 Å². The fourth-order valence-corrected chi connectivity index (χ4v) is 7.84. The quantitative estimate of drug-likeness (QED) is 0.603. The van der Waals surface area contributed by atoms with Gasteiger partial charge in [-0.3, -0.25) is 4.98 Å². The molecule has 2 heteroatoms. The van der Waals surface area contributed by atoms with Gasteiger partial charge < -0.3 is 0 Å². The lowest BCUT2D eigenvalue weighted by Crippen LogP contribution is -2.21. The van der Waals surface area contributed by atoms with E-state index in [0.29, 0.717) is 0 Å². The Hall–Kier alpha value is -0.680. The van der Waals surface area contributed by atoms with E-state index < -0.39 is 0 Å². The maximum atomic E-state index is 4.61. The van der Waals surface area contributed by atoms with Crippen molar-refractivity contribution in [3.05, 3.63) is 36.7 Å². The summed E-state index contributed by atoms with van der Waals surface area (Å²) in [6.45, 7) is 4.54. The van der Waals surface area contributed by atoms with Gasteiger partial charge >= 0.3 is 0 Å². The van der Waals surface area contributed by atoms with Gasteiger partial charge in [0.25, 0.3) is 0 Å². The molecule has 21 heavy (non-hydrogen) atoms. The molecule has 2 aliphatic carbocycles. The first-order valence-corrected chi connectivity index (χ1v) is 10.2. The summed E-state index contributed by atoms with van der Waals surface area (Å²) in [7, 11) is -0.0914. The van der Waals surface area contributed by atoms with Crippen LogP contribution >= 0.6 is 7.92 Å². The normalized spacial score (nSPS) is 21.6. The van der Waals surface area contributed by atoms with Gasteiger partial charge in [0.05, 0.1) is 5.69 Å². The van der Waals surface area contributed by atoms with E-state index in [4.69, 9.17) is 0 Å². The first-order valence-electron chi connectivity index (χ1n) is 8.75. The van der Waals surface area contributed by atoms with Crippen LogP contribution in [-0.2, 0) is 0 Å². The highest BCUT2D eigenvalue weighted by Crippen LogP contribution is 2.63. The van der Waals surface area contributed by atoms with E-state index in [-0.39, 0.29) is 7.92 Å². The van der Waals surface area contributed by atoms with Crippen LogP contribution < -0.4 is 0 Å². The molecule has 2 aliphatic rings. The zero-order chi connectivity index (χ0) is 14.5. The third-order valence-electron chi connectivity index (χ3n) is 5.21. The standard InChI is InChI=1S/C19H28NP/c1-16(19-14-8-9-15-20-19)21(17-10-4-2-5-11-17)18-12-6-3-7-13-18/h8-9,14-15,17-18H,1-7,10-13H2. The van der Waals surface area contributed by atoms with Crippen LogP contribution in [0.5, 0.6) is 0 Å². The zero-order valence-corrected chi connectivity index (χ0v) is 14.0. The molecule has 0 radical (unpaired) electrons. The second kappa shape index (κ2) is 7.54. The van der Waals surface area contributed by atoms with Crippen LogP contribution in [0, 0.1) is 0 Å². The molecule has 0 unspecified atom stereocenters. The van der Waals surface area contributed by atoms with Crippen molar-refractivity contribution < 1.29 is 0 Å². The number of aromatic nitrogens is 1. The highest BCUT2D eigenvalue weighted by atomic mass is 31.1. The smallest absolute Gasteiger partial charge is 0.0700 e. The van der Waals surface area contributed by atoms with Gasteiger partial charge in [0.15, 0.2) is 0 Å². The highest BCUT2D eigenvalue weighted by molar-refractivity contribution is 7.69. The molecule has 0 N–H and O–H groups in total. The van der Waals surface area contributed by atoms with Crippen LogP contribution in [0.1, 0.15) is 69.9 Å². The molecular weight excluding hydrogens is 273 g/mol. The number of pyridine rings is 1. The highest BCUT2D eigenvalue weighted by Gasteiger charge is 2.33. The van der Waals surface area contributed by atoms with Gasteiger partial charge in [-0.25, -0.2) is 0 Å². The number of nitrogens with zero attached hydrogens (tertiary/aromatic N) is 1. The number of hydrogen-bond acceptors (Lipinski definition) is 1. The molecule has 1 aromatic heterocycles. The van der Waals surface area contributed by atoms with E-state index in [2.05, 4.69) is 23.7 Å². The largest absolute Gasteiger partial charge is 0.256 e. The van der Waals surface area contributed by atoms with Crippen molar-refractivity contribution in [3.8, 4) is 0 Å². The van der Waals surface area contributed by atoms with Gasteiger partial charge in [0.2, 0.25) is 0 Å². The topological polar surface area (TPSA) is 12.9 Å². The van der Waals surface area contributed by atoms with Gasteiger partial charge in [0.1, 0.15) is 0 Å². The summed E-state index contributed by atoms with van der Waals surface area (Å²) in [5.41, 5.74) is 3.01. The molecule has 1 nitrogen and oxygen atoms in total. The van der Waals surface area contributed by atoms with Crippen LogP contribution in [-0.4, -0.2) is 16.3 Å². The minimum Gasteiger partial charge on any atom is -0.256 e. The van der Waals surface area contributed by atoms with Crippen LogP contribution in [0.15, 0.2) is 31.0 Å². The summed E-state index contributed by atoms with van der Waals surface area (Å²) < 4.78 is 0. The molecule has 0 atom stereocenters. The van der Waals surface area contributed by atoms with Crippen LogP contribution in [0.2, 0.25) is 0 Å². The van der Waals surface area contributed by atoms with Crippen molar-refractivity contribution in [2.45, 2.75) is 75.5 Å². The Balaban J connectivity index is 1.81. The maximum absolute atomic E-state index is 4.61. The van der Waals surface area contributed by atoms with Gasteiger partial charge in [-0.1, -0.05) is 59.1 Å². The Morgan fingerprint density at radius 2 is 1.48 bits per heavy atom. The fraction of sp³-hybridized carbons (Fsp3) is 0.632. The molecule has 0 aromatic carbocycles. The van der Waals surface area contributed by atoms with E-state index in [1.54, 1.807) is 0 Å². The molecule has 2 fully saturated rings. The molecule has 0 spiro atoms. The summed E-state index contributed by atoms with van der Waals surface area (Å²) in [6, 6.07) is 6.30.